The Morgan fingerprint density at radius 1 is 1.26 bits per heavy atom. The summed E-state index contributed by atoms with van der Waals surface area (Å²) in [6.45, 7) is 0. The SMILES string of the molecule is NC(=O)OC(NC(=O)c1ncc(C(F)(F)F)[nH]1)c1ccccc1. The standard InChI is InChI=1S/C13H11F3N4O3/c14-13(15,16)8-6-18-9(19-8)10(21)20-11(23-12(17)22)7-4-2-1-3-5-7/h1-6,11H,(H2,17,22)(H,18,19)(H,20,21). The Morgan fingerprint density at radius 3 is 2.43 bits per heavy atom. The van der Waals surface area contributed by atoms with Crippen molar-refractivity contribution in [1.29, 1.82) is 0 Å². The predicted molar refractivity (Wildman–Crippen MR) is 70.9 cm³/mol. The Balaban J connectivity index is 2.17. The fraction of sp³-hybridized carbons (Fsp3) is 0.154. The number of alkyl halides is 3. The third kappa shape index (κ3) is 4.22. The van der Waals surface area contributed by atoms with Gasteiger partial charge in [0.05, 0.1) is 6.20 Å². The average molecular weight is 328 g/mol. The first-order valence-electron chi connectivity index (χ1n) is 6.21. The second-order valence-corrected chi connectivity index (χ2v) is 4.34. The van der Waals surface area contributed by atoms with Crippen molar-refractivity contribution in [3.63, 3.8) is 0 Å². The normalized spacial score (nSPS) is 12.5. The van der Waals surface area contributed by atoms with Crippen LogP contribution in [0.1, 0.15) is 28.1 Å². The zero-order valence-corrected chi connectivity index (χ0v) is 11.4. The largest absolute Gasteiger partial charge is 0.432 e. The third-order valence-electron chi connectivity index (χ3n) is 2.69. The van der Waals surface area contributed by atoms with Crippen molar-refractivity contribution >= 4 is 12.0 Å². The van der Waals surface area contributed by atoms with E-state index in [-0.39, 0.29) is 0 Å². The number of carbonyl (C=O) groups is 2. The van der Waals surface area contributed by atoms with Gasteiger partial charge < -0.3 is 20.8 Å². The van der Waals surface area contributed by atoms with E-state index in [0.29, 0.717) is 11.8 Å². The quantitative estimate of drug-likeness (QED) is 0.745. The first-order valence-corrected chi connectivity index (χ1v) is 6.21. The maximum absolute atomic E-state index is 12.5. The molecular formula is C13H11F3N4O3. The molecule has 0 saturated heterocycles. The number of nitrogens with zero attached hydrogens (tertiary/aromatic N) is 1. The lowest BCUT2D eigenvalue weighted by molar-refractivity contribution is -0.140. The van der Waals surface area contributed by atoms with Crippen LogP contribution in [0.4, 0.5) is 18.0 Å². The van der Waals surface area contributed by atoms with E-state index >= 15 is 0 Å². The van der Waals surface area contributed by atoms with Crippen LogP contribution in [0.25, 0.3) is 0 Å². The van der Waals surface area contributed by atoms with Crippen LogP contribution in [-0.2, 0) is 10.9 Å². The van der Waals surface area contributed by atoms with Crippen LogP contribution in [0.15, 0.2) is 36.5 Å². The topological polar surface area (TPSA) is 110 Å². The van der Waals surface area contributed by atoms with Crippen LogP contribution in [0, 0.1) is 0 Å². The van der Waals surface area contributed by atoms with E-state index in [1.807, 2.05) is 4.98 Å². The number of rotatable bonds is 4. The number of nitrogens with two attached hydrogens (primary N) is 1. The number of imidazole rings is 1. The highest BCUT2D eigenvalue weighted by Gasteiger charge is 2.34. The summed E-state index contributed by atoms with van der Waals surface area (Å²) in [5.74, 6) is -1.57. The van der Waals surface area contributed by atoms with Gasteiger partial charge in [-0.3, -0.25) is 4.79 Å². The van der Waals surface area contributed by atoms with E-state index in [0.717, 1.165) is 0 Å². The summed E-state index contributed by atoms with van der Waals surface area (Å²) in [4.78, 5) is 28.1. The molecule has 0 saturated carbocycles. The number of hydrogen-bond donors (Lipinski definition) is 3. The van der Waals surface area contributed by atoms with Crippen molar-refractivity contribution in [3.8, 4) is 0 Å². The van der Waals surface area contributed by atoms with E-state index in [1.54, 1.807) is 18.2 Å². The fourth-order valence-electron chi connectivity index (χ4n) is 1.69. The minimum Gasteiger partial charge on any atom is -0.421 e. The number of hydrogen-bond acceptors (Lipinski definition) is 4. The van der Waals surface area contributed by atoms with Crippen LogP contribution in [0.2, 0.25) is 0 Å². The molecule has 0 bridgehead atoms. The molecule has 122 valence electrons. The molecule has 0 fully saturated rings. The molecule has 4 N–H and O–H groups in total. The summed E-state index contributed by atoms with van der Waals surface area (Å²) in [5.41, 5.74) is 4.13. The zero-order chi connectivity index (χ0) is 17.0. The van der Waals surface area contributed by atoms with Crippen LogP contribution < -0.4 is 11.1 Å². The molecule has 0 spiro atoms. The van der Waals surface area contributed by atoms with E-state index in [9.17, 15) is 22.8 Å². The molecule has 0 aliphatic rings. The van der Waals surface area contributed by atoms with E-state index in [4.69, 9.17) is 10.5 Å². The molecule has 1 aromatic heterocycles. The number of primary amides is 1. The number of halogens is 3. The smallest absolute Gasteiger partial charge is 0.421 e. The first kappa shape index (κ1) is 16.3. The highest BCUT2D eigenvalue weighted by atomic mass is 19.4. The fourth-order valence-corrected chi connectivity index (χ4v) is 1.69. The van der Waals surface area contributed by atoms with Gasteiger partial charge in [0.25, 0.3) is 5.91 Å². The molecule has 0 aliphatic heterocycles. The minimum absolute atomic E-state index is 0.377. The Hall–Kier alpha value is -3.04. The van der Waals surface area contributed by atoms with Gasteiger partial charge in [-0.05, 0) is 0 Å². The molecule has 7 nitrogen and oxygen atoms in total. The summed E-state index contributed by atoms with van der Waals surface area (Å²) in [5, 5.41) is 2.22. The van der Waals surface area contributed by atoms with Crippen molar-refractivity contribution in [2.75, 3.05) is 0 Å². The lowest BCUT2D eigenvalue weighted by Crippen LogP contribution is -2.34. The van der Waals surface area contributed by atoms with Gasteiger partial charge in [0.1, 0.15) is 5.69 Å². The van der Waals surface area contributed by atoms with Crippen molar-refractivity contribution in [1.82, 2.24) is 15.3 Å². The van der Waals surface area contributed by atoms with Crippen molar-refractivity contribution in [2.45, 2.75) is 12.4 Å². The van der Waals surface area contributed by atoms with Crippen molar-refractivity contribution in [2.24, 2.45) is 5.73 Å². The van der Waals surface area contributed by atoms with Gasteiger partial charge >= 0.3 is 12.3 Å². The summed E-state index contributed by atoms with van der Waals surface area (Å²) in [6, 6.07) is 8.00. The maximum atomic E-state index is 12.5. The predicted octanol–water partition coefficient (Wildman–Crippen LogP) is 1.95. The molecule has 23 heavy (non-hydrogen) atoms. The highest BCUT2D eigenvalue weighted by molar-refractivity contribution is 5.90. The number of benzene rings is 1. The van der Waals surface area contributed by atoms with Gasteiger partial charge in [0.15, 0.2) is 5.82 Å². The Bertz CT molecular complexity index is 700. The molecule has 1 heterocycles. The number of amides is 2. The Morgan fingerprint density at radius 2 is 1.91 bits per heavy atom. The van der Waals surface area contributed by atoms with Gasteiger partial charge in [-0.2, -0.15) is 13.2 Å². The minimum atomic E-state index is -4.66. The summed E-state index contributed by atoms with van der Waals surface area (Å²) in [7, 11) is 0. The van der Waals surface area contributed by atoms with Crippen molar-refractivity contribution < 1.29 is 27.5 Å². The van der Waals surface area contributed by atoms with Gasteiger partial charge in [0.2, 0.25) is 6.23 Å². The molecule has 0 aliphatic carbocycles. The molecule has 1 atom stereocenters. The first-order chi connectivity index (χ1) is 10.8. The average Bonchev–Trinajstić information content (AvgIpc) is 2.97. The monoisotopic (exact) mass is 328 g/mol. The number of carbonyl (C=O) groups excluding carboxylic acids is 2. The summed E-state index contributed by atoms with van der Waals surface area (Å²) in [6.07, 6.45) is -6.59. The van der Waals surface area contributed by atoms with E-state index in [1.165, 1.54) is 12.1 Å². The van der Waals surface area contributed by atoms with Crippen LogP contribution in [0.5, 0.6) is 0 Å². The van der Waals surface area contributed by atoms with Crippen molar-refractivity contribution in [3.05, 3.63) is 53.6 Å². The van der Waals surface area contributed by atoms with E-state index in [2.05, 4.69) is 10.3 Å². The number of aromatic nitrogens is 2. The molecule has 1 unspecified atom stereocenters. The van der Waals surface area contributed by atoms with E-state index < -0.39 is 35.9 Å². The van der Waals surface area contributed by atoms with Crippen LogP contribution >= 0.6 is 0 Å². The van der Waals surface area contributed by atoms with Gasteiger partial charge in [-0.15, -0.1) is 0 Å². The third-order valence-corrected chi connectivity index (χ3v) is 2.69. The highest BCUT2D eigenvalue weighted by Crippen LogP contribution is 2.27. The van der Waals surface area contributed by atoms with Crippen LogP contribution in [0.3, 0.4) is 0 Å². The molecule has 2 amide bonds. The van der Waals surface area contributed by atoms with Gasteiger partial charge in [-0.25, -0.2) is 9.78 Å². The molecule has 0 radical (unpaired) electrons. The molecule has 2 rings (SSSR count). The number of aromatic amines is 1. The van der Waals surface area contributed by atoms with Crippen LogP contribution in [-0.4, -0.2) is 22.0 Å². The van der Waals surface area contributed by atoms with Gasteiger partial charge in [-0.1, -0.05) is 30.3 Å². The number of H-pyrrole nitrogens is 1. The lowest BCUT2D eigenvalue weighted by atomic mass is 10.2. The summed E-state index contributed by atoms with van der Waals surface area (Å²) < 4.78 is 42.2. The second-order valence-electron chi connectivity index (χ2n) is 4.34. The Labute approximate surface area is 127 Å². The molecular weight excluding hydrogens is 317 g/mol. The maximum Gasteiger partial charge on any atom is 0.432 e. The van der Waals surface area contributed by atoms with Gasteiger partial charge in [0, 0.05) is 5.56 Å². The number of ether oxygens (including phenoxy) is 1. The number of nitrogens with one attached hydrogen (secondary N) is 2. The summed E-state index contributed by atoms with van der Waals surface area (Å²) >= 11 is 0. The lowest BCUT2D eigenvalue weighted by Gasteiger charge is -2.17. The Kier molecular flexibility index (Phi) is 4.53. The second kappa shape index (κ2) is 6.38. The zero-order valence-electron chi connectivity index (χ0n) is 11.4. The molecule has 1 aromatic carbocycles. The molecule has 10 heteroatoms. The molecule has 2 aromatic rings.